The zero-order valence-corrected chi connectivity index (χ0v) is 20.8. The van der Waals surface area contributed by atoms with Gasteiger partial charge in [-0.25, -0.2) is 8.42 Å². The summed E-state index contributed by atoms with van der Waals surface area (Å²) < 4.78 is 29.3. The molecule has 0 saturated heterocycles. The van der Waals surface area contributed by atoms with Gasteiger partial charge in [-0.05, 0) is 36.3 Å². The minimum Gasteiger partial charge on any atom is -0.300 e. The number of hydrogen-bond acceptors (Lipinski definition) is 7. The van der Waals surface area contributed by atoms with Crippen LogP contribution in [0.4, 0.5) is 0 Å². The van der Waals surface area contributed by atoms with Gasteiger partial charge in [0.15, 0.2) is 16.1 Å². The first-order valence-electron chi connectivity index (χ1n) is 9.77. The number of sulfonamides is 1. The molecule has 10 heteroatoms. The fourth-order valence-electron chi connectivity index (χ4n) is 3.01. The van der Waals surface area contributed by atoms with Gasteiger partial charge in [-0.1, -0.05) is 56.4 Å². The van der Waals surface area contributed by atoms with E-state index in [2.05, 4.69) is 10.2 Å². The molecule has 0 fully saturated rings. The zero-order chi connectivity index (χ0) is 22.5. The topological polar surface area (TPSA) is 85.2 Å². The van der Waals surface area contributed by atoms with Crippen molar-refractivity contribution in [3.8, 4) is 0 Å². The van der Waals surface area contributed by atoms with Gasteiger partial charge in [0.05, 0.1) is 10.9 Å². The first-order chi connectivity index (χ1) is 14.1. The molecule has 0 unspecified atom stereocenters. The molecule has 0 saturated carbocycles. The molecule has 0 bridgehead atoms. The quantitative estimate of drug-likeness (QED) is 0.461. The van der Waals surface area contributed by atoms with Crippen molar-refractivity contribution in [3.05, 3.63) is 29.8 Å². The summed E-state index contributed by atoms with van der Waals surface area (Å²) in [6.45, 7) is 5.74. The molecule has 1 heterocycles. The third kappa shape index (κ3) is 5.87. The summed E-state index contributed by atoms with van der Waals surface area (Å²) in [5, 5.41) is 9.94. The Morgan fingerprint density at radius 3 is 2.27 bits per heavy atom. The standard InChI is InChI=1S/C20H30N4O3S3/c1-7-18(25)17(12-14(2)3)24(5)30(26,27)16-10-8-15(9-11-16)13-29-20-22-21-19(28-6)23(20)4/h8-11,14,17H,7,12-13H2,1-6H3/t17-/m0/s1. The molecule has 1 atom stereocenters. The first kappa shape index (κ1) is 24.9. The van der Waals surface area contributed by atoms with Gasteiger partial charge in [0.1, 0.15) is 0 Å². The molecule has 166 valence electrons. The van der Waals surface area contributed by atoms with E-state index < -0.39 is 16.1 Å². The van der Waals surface area contributed by atoms with E-state index in [1.54, 1.807) is 43.0 Å². The fraction of sp³-hybridized carbons (Fsp3) is 0.550. The average Bonchev–Trinajstić information content (AvgIpc) is 3.09. The number of thioether (sulfide) groups is 2. The monoisotopic (exact) mass is 470 g/mol. The number of carbonyl (C=O) groups excluding carboxylic acids is 1. The predicted octanol–water partition coefficient (Wildman–Crippen LogP) is 3.84. The Labute approximate surface area is 188 Å². The third-order valence-corrected chi connectivity index (χ3v) is 8.49. The van der Waals surface area contributed by atoms with Gasteiger partial charge in [-0.2, -0.15) is 4.31 Å². The van der Waals surface area contributed by atoms with Crippen LogP contribution in [-0.2, 0) is 27.6 Å². The van der Waals surface area contributed by atoms with Crippen LogP contribution in [-0.4, -0.2) is 52.6 Å². The molecule has 0 spiro atoms. The molecule has 7 nitrogen and oxygen atoms in total. The fourth-order valence-corrected chi connectivity index (χ4v) is 5.77. The van der Waals surface area contributed by atoms with Crippen molar-refractivity contribution >= 4 is 39.3 Å². The number of Topliss-reactive ketones (excluding diaryl/α,β-unsaturated/α-hetero) is 1. The zero-order valence-electron chi connectivity index (χ0n) is 18.3. The van der Waals surface area contributed by atoms with Crippen molar-refractivity contribution in [2.75, 3.05) is 13.3 Å². The maximum absolute atomic E-state index is 13.1. The Hall–Kier alpha value is -1.36. The Bertz CT molecular complexity index is 956. The molecule has 30 heavy (non-hydrogen) atoms. The second-order valence-electron chi connectivity index (χ2n) is 7.45. The van der Waals surface area contributed by atoms with Crippen LogP contribution in [0.3, 0.4) is 0 Å². The van der Waals surface area contributed by atoms with Gasteiger partial charge in [0.2, 0.25) is 10.0 Å². The lowest BCUT2D eigenvalue weighted by atomic mass is 9.99. The van der Waals surface area contributed by atoms with Gasteiger partial charge in [0.25, 0.3) is 0 Å². The lowest BCUT2D eigenvalue weighted by molar-refractivity contribution is -0.122. The van der Waals surface area contributed by atoms with Crippen LogP contribution in [0.1, 0.15) is 39.2 Å². The average molecular weight is 471 g/mol. The molecule has 0 aliphatic carbocycles. The van der Waals surface area contributed by atoms with Crippen molar-refractivity contribution in [3.63, 3.8) is 0 Å². The molecule has 0 radical (unpaired) electrons. The van der Waals surface area contributed by atoms with Crippen LogP contribution < -0.4 is 0 Å². The van der Waals surface area contributed by atoms with E-state index >= 15 is 0 Å². The van der Waals surface area contributed by atoms with Crippen molar-refractivity contribution in [2.24, 2.45) is 13.0 Å². The van der Waals surface area contributed by atoms with Crippen LogP contribution in [0.2, 0.25) is 0 Å². The lowest BCUT2D eigenvalue weighted by Crippen LogP contribution is -2.43. The lowest BCUT2D eigenvalue weighted by Gasteiger charge is -2.27. The van der Waals surface area contributed by atoms with Gasteiger partial charge < -0.3 is 4.57 Å². The predicted molar refractivity (Wildman–Crippen MR) is 122 cm³/mol. The summed E-state index contributed by atoms with van der Waals surface area (Å²) in [6, 6.07) is 6.18. The van der Waals surface area contributed by atoms with E-state index in [-0.39, 0.29) is 16.6 Å². The van der Waals surface area contributed by atoms with Gasteiger partial charge in [0, 0.05) is 26.3 Å². The van der Waals surface area contributed by atoms with Gasteiger partial charge >= 0.3 is 0 Å². The Kier molecular flexibility index (Phi) is 8.96. The molecule has 0 aliphatic rings. The number of likely N-dealkylation sites (N-methyl/N-ethyl adjacent to an activating group) is 1. The van der Waals surface area contributed by atoms with E-state index in [1.165, 1.54) is 23.1 Å². The minimum atomic E-state index is -3.75. The number of nitrogens with zero attached hydrogens (tertiary/aromatic N) is 4. The second kappa shape index (κ2) is 10.8. The van der Waals surface area contributed by atoms with Gasteiger partial charge in [-0.3, -0.25) is 4.79 Å². The number of benzene rings is 1. The van der Waals surface area contributed by atoms with Crippen molar-refractivity contribution in [1.82, 2.24) is 19.1 Å². The summed E-state index contributed by atoms with van der Waals surface area (Å²) in [5.41, 5.74) is 0.985. The van der Waals surface area contributed by atoms with Gasteiger partial charge in [-0.15, -0.1) is 10.2 Å². The molecular weight excluding hydrogens is 440 g/mol. The number of hydrogen-bond donors (Lipinski definition) is 0. The van der Waals surface area contributed by atoms with E-state index in [0.29, 0.717) is 18.6 Å². The smallest absolute Gasteiger partial charge is 0.243 e. The summed E-state index contributed by atoms with van der Waals surface area (Å²) in [7, 11) is -0.334. The molecular formula is C20H30N4O3S3. The highest BCUT2D eigenvalue weighted by atomic mass is 32.2. The van der Waals surface area contributed by atoms with E-state index in [9.17, 15) is 13.2 Å². The van der Waals surface area contributed by atoms with Crippen molar-refractivity contribution in [2.45, 2.75) is 60.6 Å². The number of ketones is 1. The maximum Gasteiger partial charge on any atom is 0.243 e. The third-order valence-electron chi connectivity index (χ3n) is 4.80. The van der Waals surface area contributed by atoms with E-state index in [0.717, 1.165) is 15.9 Å². The van der Waals surface area contributed by atoms with Crippen molar-refractivity contribution in [1.29, 1.82) is 0 Å². The SMILES string of the molecule is CCC(=O)[C@H](CC(C)C)N(C)S(=O)(=O)c1ccc(CSc2nnc(SC)n2C)cc1. The molecule has 1 aromatic carbocycles. The summed E-state index contributed by atoms with van der Waals surface area (Å²) >= 11 is 3.08. The van der Waals surface area contributed by atoms with Crippen LogP contribution in [0.15, 0.2) is 39.5 Å². The molecule has 0 aliphatic heterocycles. The largest absolute Gasteiger partial charge is 0.300 e. The Morgan fingerprint density at radius 2 is 1.77 bits per heavy atom. The molecule has 2 aromatic rings. The molecule has 0 N–H and O–H groups in total. The van der Waals surface area contributed by atoms with E-state index in [1.807, 2.05) is 31.7 Å². The maximum atomic E-state index is 13.1. The highest BCUT2D eigenvalue weighted by molar-refractivity contribution is 7.99. The van der Waals surface area contributed by atoms with Crippen LogP contribution >= 0.6 is 23.5 Å². The summed E-state index contributed by atoms with van der Waals surface area (Å²) in [4.78, 5) is 12.6. The molecule has 2 rings (SSSR count). The highest BCUT2D eigenvalue weighted by Gasteiger charge is 2.32. The number of aromatic nitrogens is 3. The second-order valence-corrected chi connectivity index (χ2v) is 11.2. The first-order valence-corrected chi connectivity index (χ1v) is 13.4. The number of rotatable bonds is 11. The molecule has 1 aromatic heterocycles. The van der Waals surface area contributed by atoms with E-state index in [4.69, 9.17) is 0 Å². The van der Waals surface area contributed by atoms with Crippen molar-refractivity contribution < 1.29 is 13.2 Å². The Morgan fingerprint density at radius 1 is 1.17 bits per heavy atom. The summed E-state index contributed by atoms with van der Waals surface area (Å²) in [5.74, 6) is 0.812. The normalized spacial score (nSPS) is 13.2. The van der Waals surface area contributed by atoms with Crippen LogP contribution in [0, 0.1) is 5.92 Å². The highest BCUT2D eigenvalue weighted by Crippen LogP contribution is 2.26. The molecule has 0 amide bonds. The Balaban J connectivity index is 2.14. The van der Waals surface area contributed by atoms with Crippen LogP contribution in [0.25, 0.3) is 0 Å². The minimum absolute atomic E-state index is 0.0592. The summed E-state index contributed by atoms with van der Waals surface area (Å²) in [6.07, 6.45) is 2.77. The number of carbonyl (C=O) groups is 1. The van der Waals surface area contributed by atoms with Crippen LogP contribution in [0.5, 0.6) is 0 Å².